The van der Waals surface area contributed by atoms with E-state index in [-0.39, 0.29) is 6.61 Å². The van der Waals surface area contributed by atoms with Crippen molar-refractivity contribution in [2.45, 2.75) is 18.8 Å². The molecule has 0 heterocycles. The predicted molar refractivity (Wildman–Crippen MR) is 62.1 cm³/mol. The van der Waals surface area contributed by atoms with E-state index in [9.17, 15) is 5.11 Å². The minimum atomic E-state index is -1.10. The standard InChI is InChI=1S/C11H15N3O3/c12-14-13-10(11(16)6-15)8-17-7-9-4-2-1-3-5-9/h1-5,10-11,15-16H,6-8H2/t10-,11+/m0/s1. The summed E-state index contributed by atoms with van der Waals surface area (Å²) in [4.78, 5) is 2.60. The van der Waals surface area contributed by atoms with Gasteiger partial charge in [0.1, 0.15) is 0 Å². The molecule has 0 aliphatic heterocycles. The summed E-state index contributed by atoms with van der Waals surface area (Å²) in [5.41, 5.74) is 9.30. The van der Waals surface area contributed by atoms with E-state index in [2.05, 4.69) is 10.0 Å². The number of ether oxygens (including phenoxy) is 1. The molecule has 0 fully saturated rings. The number of benzene rings is 1. The SMILES string of the molecule is [N-]=[N+]=N[C@@H](COCc1ccccc1)[C@H](O)CO. The molecular formula is C11H15N3O3. The van der Waals surface area contributed by atoms with Crippen LogP contribution in [-0.2, 0) is 11.3 Å². The van der Waals surface area contributed by atoms with Crippen LogP contribution in [0.25, 0.3) is 10.4 Å². The van der Waals surface area contributed by atoms with Crippen LogP contribution in [0.1, 0.15) is 5.56 Å². The van der Waals surface area contributed by atoms with Crippen LogP contribution < -0.4 is 0 Å². The maximum atomic E-state index is 9.35. The Morgan fingerprint density at radius 1 is 1.35 bits per heavy atom. The summed E-state index contributed by atoms with van der Waals surface area (Å²) in [6.45, 7) is -0.0184. The van der Waals surface area contributed by atoms with Gasteiger partial charge in [-0.2, -0.15) is 0 Å². The third-order valence-electron chi connectivity index (χ3n) is 2.23. The summed E-state index contributed by atoms with van der Waals surface area (Å²) in [6.07, 6.45) is -1.10. The summed E-state index contributed by atoms with van der Waals surface area (Å²) >= 11 is 0. The number of aliphatic hydroxyl groups is 2. The number of aliphatic hydroxyl groups excluding tert-OH is 2. The molecule has 0 bridgehead atoms. The Labute approximate surface area is 99.1 Å². The van der Waals surface area contributed by atoms with Crippen LogP contribution >= 0.6 is 0 Å². The average Bonchev–Trinajstić information content (AvgIpc) is 2.38. The third kappa shape index (κ3) is 4.84. The fraction of sp³-hybridized carbons (Fsp3) is 0.455. The quantitative estimate of drug-likeness (QED) is 0.424. The molecule has 0 aromatic heterocycles. The molecule has 0 saturated heterocycles. The number of hydrogen-bond donors (Lipinski definition) is 2. The van der Waals surface area contributed by atoms with Crippen LogP contribution in [-0.4, -0.2) is 35.6 Å². The summed E-state index contributed by atoms with van der Waals surface area (Å²) < 4.78 is 5.32. The Balaban J connectivity index is 2.40. The molecule has 2 atom stereocenters. The molecular weight excluding hydrogens is 222 g/mol. The van der Waals surface area contributed by atoms with Crippen LogP contribution in [0.15, 0.2) is 35.4 Å². The summed E-state index contributed by atoms with van der Waals surface area (Å²) in [6, 6.07) is 8.74. The predicted octanol–water partition coefficient (Wildman–Crippen LogP) is 1.24. The van der Waals surface area contributed by atoms with Crippen molar-refractivity contribution in [3.05, 3.63) is 46.3 Å². The second kappa shape index (κ2) is 7.65. The van der Waals surface area contributed by atoms with Gasteiger partial charge in [-0.1, -0.05) is 35.4 Å². The first-order chi connectivity index (χ1) is 8.27. The monoisotopic (exact) mass is 237 g/mol. The second-order valence-corrected chi connectivity index (χ2v) is 3.52. The van der Waals surface area contributed by atoms with Crippen molar-refractivity contribution < 1.29 is 14.9 Å². The van der Waals surface area contributed by atoms with Gasteiger partial charge >= 0.3 is 0 Å². The molecule has 1 aromatic rings. The Morgan fingerprint density at radius 2 is 2.06 bits per heavy atom. The highest BCUT2D eigenvalue weighted by Crippen LogP contribution is 2.05. The van der Waals surface area contributed by atoms with Crippen molar-refractivity contribution in [2.75, 3.05) is 13.2 Å². The van der Waals surface area contributed by atoms with E-state index in [1.807, 2.05) is 30.3 Å². The topological polar surface area (TPSA) is 98.5 Å². The van der Waals surface area contributed by atoms with Crippen molar-refractivity contribution in [2.24, 2.45) is 5.11 Å². The van der Waals surface area contributed by atoms with Gasteiger partial charge in [-0.25, -0.2) is 0 Å². The van der Waals surface area contributed by atoms with Gasteiger partial charge in [0.15, 0.2) is 0 Å². The lowest BCUT2D eigenvalue weighted by molar-refractivity contribution is 0.0266. The molecule has 0 saturated carbocycles. The maximum absolute atomic E-state index is 9.35. The van der Waals surface area contributed by atoms with Crippen LogP contribution in [0.3, 0.4) is 0 Å². The van der Waals surface area contributed by atoms with E-state index < -0.39 is 18.8 Å². The third-order valence-corrected chi connectivity index (χ3v) is 2.23. The van der Waals surface area contributed by atoms with Crippen molar-refractivity contribution in [1.82, 2.24) is 0 Å². The lowest BCUT2D eigenvalue weighted by Crippen LogP contribution is -2.31. The summed E-state index contributed by atoms with van der Waals surface area (Å²) in [5, 5.41) is 21.5. The molecule has 0 spiro atoms. The molecule has 0 aliphatic carbocycles. The molecule has 17 heavy (non-hydrogen) atoms. The first-order valence-corrected chi connectivity index (χ1v) is 5.22. The molecule has 6 nitrogen and oxygen atoms in total. The van der Waals surface area contributed by atoms with Crippen molar-refractivity contribution in [3.8, 4) is 0 Å². The second-order valence-electron chi connectivity index (χ2n) is 3.52. The molecule has 1 rings (SSSR count). The van der Waals surface area contributed by atoms with Gasteiger partial charge < -0.3 is 14.9 Å². The van der Waals surface area contributed by atoms with E-state index in [0.29, 0.717) is 6.61 Å². The maximum Gasteiger partial charge on any atom is 0.0889 e. The Kier molecular flexibility index (Phi) is 6.06. The molecule has 0 amide bonds. The van der Waals surface area contributed by atoms with Crippen molar-refractivity contribution in [1.29, 1.82) is 0 Å². The van der Waals surface area contributed by atoms with E-state index in [0.717, 1.165) is 5.56 Å². The zero-order valence-electron chi connectivity index (χ0n) is 9.31. The highest BCUT2D eigenvalue weighted by molar-refractivity contribution is 5.13. The van der Waals surface area contributed by atoms with Gasteiger partial charge in [0.2, 0.25) is 0 Å². The van der Waals surface area contributed by atoms with E-state index in [4.69, 9.17) is 15.4 Å². The van der Waals surface area contributed by atoms with Crippen LogP contribution in [0.4, 0.5) is 0 Å². The number of nitrogens with zero attached hydrogens (tertiary/aromatic N) is 3. The van der Waals surface area contributed by atoms with Gasteiger partial charge in [0, 0.05) is 4.91 Å². The molecule has 6 heteroatoms. The Morgan fingerprint density at radius 3 is 2.65 bits per heavy atom. The van der Waals surface area contributed by atoms with E-state index >= 15 is 0 Å². The lowest BCUT2D eigenvalue weighted by Gasteiger charge is -2.16. The van der Waals surface area contributed by atoms with Gasteiger partial charge in [-0.3, -0.25) is 0 Å². The smallest absolute Gasteiger partial charge is 0.0889 e. The molecule has 92 valence electrons. The van der Waals surface area contributed by atoms with Crippen molar-refractivity contribution in [3.63, 3.8) is 0 Å². The van der Waals surface area contributed by atoms with Crippen LogP contribution in [0, 0.1) is 0 Å². The first-order valence-electron chi connectivity index (χ1n) is 5.22. The van der Waals surface area contributed by atoms with E-state index in [1.165, 1.54) is 0 Å². The Hall–Kier alpha value is -1.59. The normalized spacial score (nSPS) is 13.8. The van der Waals surface area contributed by atoms with E-state index in [1.54, 1.807) is 0 Å². The highest BCUT2D eigenvalue weighted by atomic mass is 16.5. The van der Waals surface area contributed by atoms with Crippen LogP contribution in [0.2, 0.25) is 0 Å². The lowest BCUT2D eigenvalue weighted by atomic mass is 10.2. The fourth-order valence-electron chi connectivity index (χ4n) is 1.28. The van der Waals surface area contributed by atoms with Crippen LogP contribution in [0.5, 0.6) is 0 Å². The first kappa shape index (κ1) is 13.5. The van der Waals surface area contributed by atoms with Crippen molar-refractivity contribution >= 4 is 0 Å². The molecule has 0 radical (unpaired) electrons. The number of azide groups is 1. The zero-order valence-corrected chi connectivity index (χ0v) is 9.31. The average molecular weight is 237 g/mol. The minimum absolute atomic E-state index is 0.0701. The fourth-order valence-corrected chi connectivity index (χ4v) is 1.28. The van der Waals surface area contributed by atoms with Gasteiger partial charge in [-0.05, 0) is 11.1 Å². The largest absolute Gasteiger partial charge is 0.394 e. The molecule has 1 aromatic carbocycles. The van der Waals surface area contributed by atoms with Gasteiger partial charge in [0.05, 0.1) is 32.0 Å². The number of rotatable bonds is 7. The minimum Gasteiger partial charge on any atom is -0.394 e. The Bertz CT molecular complexity index is 365. The molecule has 0 aliphatic rings. The zero-order chi connectivity index (χ0) is 12.5. The summed E-state index contributed by atoms with van der Waals surface area (Å²) in [7, 11) is 0. The highest BCUT2D eigenvalue weighted by Gasteiger charge is 2.16. The molecule has 0 unspecified atom stereocenters. The number of hydrogen-bond acceptors (Lipinski definition) is 4. The summed E-state index contributed by atoms with van der Waals surface area (Å²) in [5.74, 6) is 0. The van der Waals surface area contributed by atoms with Gasteiger partial charge in [0.25, 0.3) is 0 Å². The van der Waals surface area contributed by atoms with Gasteiger partial charge in [-0.15, -0.1) is 0 Å². The molecule has 2 N–H and O–H groups in total.